The molecule has 0 radical (unpaired) electrons. The lowest BCUT2D eigenvalue weighted by Crippen LogP contribution is -2.38. The second-order valence-electron chi connectivity index (χ2n) is 9.38. The Morgan fingerprint density at radius 3 is 2.47 bits per heavy atom. The van der Waals surface area contributed by atoms with E-state index < -0.39 is 28.7 Å². The van der Waals surface area contributed by atoms with Crippen molar-refractivity contribution < 1.29 is 26.4 Å². The van der Waals surface area contributed by atoms with Gasteiger partial charge in [0.15, 0.2) is 0 Å². The van der Waals surface area contributed by atoms with Crippen molar-refractivity contribution in [1.29, 1.82) is 5.26 Å². The highest BCUT2D eigenvalue weighted by molar-refractivity contribution is 7.89. The predicted octanol–water partition coefficient (Wildman–Crippen LogP) is 3.99. The van der Waals surface area contributed by atoms with Gasteiger partial charge in [0.25, 0.3) is 5.91 Å². The number of carbonyl (C=O) groups is 1. The van der Waals surface area contributed by atoms with Crippen LogP contribution >= 0.6 is 0 Å². The topological polar surface area (TPSA) is 132 Å². The Kier molecular flexibility index (Phi) is 7.83. The van der Waals surface area contributed by atoms with Crippen molar-refractivity contribution in [3.8, 4) is 17.2 Å². The molecular weight excluding hydrogens is 519 g/mol. The molecule has 1 aliphatic rings. The van der Waals surface area contributed by atoms with Gasteiger partial charge in [0.2, 0.25) is 10.0 Å². The van der Waals surface area contributed by atoms with Crippen LogP contribution in [0.2, 0.25) is 0 Å². The number of nitriles is 1. The fraction of sp³-hybridized carbons (Fsp3) is 0.385. The van der Waals surface area contributed by atoms with Crippen LogP contribution in [0.15, 0.2) is 36.5 Å². The Bertz CT molecular complexity index is 1500. The van der Waals surface area contributed by atoms with Crippen molar-refractivity contribution in [3.63, 3.8) is 0 Å². The zero-order valence-electron chi connectivity index (χ0n) is 20.7. The molecule has 0 atom stereocenters. The number of benzene rings is 2. The molecular formula is C26H28F3N5O3S. The summed E-state index contributed by atoms with van der Waals surface area (Å²) in [7, 11) is -3.27. The third-order valence-electron chi connectivity index (χ3n) is 6.85. The summed E-state index contributed by atoms with van der Waals surface area (Å²) in [6, 6.07) is 10.3. The molecule has 1 aliphatic heterocycles. The van der Waals surface area contributed by atoms with Gasteiger partial charge in [0.05, 0.1) is 35.0 Å². The van der Waals surface area contributed by atoms with E-state index in [0.717, 1.165) is 10.9 Å². The maximum Gasteiger partial charge on any atom is 0.401 e. The molecule has 0 spiro atoms. The Balaban J connectivity index is 1.71. The fourth-order valence-corrected chi connectivity index (χ4v) is 6.09. The zero-order chi connectivity index (χ0) is 27.7. The van der Waals surface area contributed by atoms with Crippen LogP contribution in [0.4, 0.5) is 13.2 Å². The number of aromatic nitrogens is 1. The number of piperidine rings is 1. The summed E-state index contributed by atoms with van der Waals surface area (Å²) in [6.45, 7) is 1.15. The van der Waals surface area contributed by atoms with Crippen LogP contribution in [0, 0.1) is 11.3 Å². The third kappa shape index (κ3) is 6.01. The number of amides is 1. The molecule has 12 heteroatoms. The summed E-state index contributed by atoms with van der Waals surface area (Å²) in [4.78, 5) is 15.5. The van der Waals surface area contributed by atoms with E-state index in [0.29, 0.717) is 48.1 Å². The summed E-state index contributed by atoms with van der Waals surface area (Å²) in [6.07, 6.45) is -1.32. The first-order chi connectivity index (χ1) is 17.9. The number of nitrogens with two attached hydrogens (primary N) is 1. The largest absolute Gasteiger partial charge is 0.401 e. The highest BCUT2D eigenvalue weighted by Crippen LogP contribution is 2.37. The van der Waals surface area contributed by atoms with E-state index in [1.54, 1.807) is 25.1 Å². The number of hydrogen-bond donors (Lipinski definition) is 3. The summed E-state index contributed by atoms with van der Waals surface area (Å²) in [5.41, 5.74) is 9.33. The van der Waals surface area contributed by atoms with Gasteiger partial charge < -0.3 is 16.0 Å². The number of carbonyl (C=O) groups excluding carboxylic acids is 1. The average molecular weight is 548 g/mol. The summed E-state index contributed by atoms with van der Waals surface area (Å²) < 4.78 is 63.8. The first kappa shape index (κ1) is 27.6. The van der Waals surface area contributed by atoms with Crippen LogP contribution in [-0.4, -0.2) is 55.2 Å². The second kappa shape index (κ2) is 10.8. The van der Waals surface area contributed by atoms with Gasteiger partial charge in [-0.2, -0.15) is 18.4 Å². The number of sulfonamides is 1. The summed E-state index contributed by atoms with van der Waals surface area (Å²) in [5, 5.41) is 12.6. The van der Waals surface area contributed by atoms with Crippen molar-refractivity contribution in [2.45, 2.75) is 38.4 Å². The van der Waals surface area contributed by atoms with Crippen LogP contribution in [0.5, 0.6) is 0 Å². The maximum atomic E-state index is 12.6. The molecule has 4 N–H and O–H groups in total. The lowest BCUT2D eigenvalue weighted by atomic mass is 9.88. The van der Waals surface area contributed by atoms with Crippen LogP contribution in [0.3, 0.4) is 0 Å². The van der Waals surface area contributed by atoms with Crippen LogP contribution < -0.4 is 11.1 Å². The van der Waals surface area contributed by atoms with E-state index in [9.17, 15) is 31.6 Å². The number of fused-ring (bicyclic) bond motifs is 1. The number of nitrogens with one attached hydrogen (secondary N) is 2. The quantitative estimate of drug-likeness (QED) is 0.392. The van der Waals surface area contributed by atoms with Gasteiger partial charge in [0.1, 0.15) is 0 Å². The average Bonchev–Trinajstić information content (AvgIpc) is 3.31. The number of hydrogen-bond acceptors (Lipinski definition) is 5. The third-order valence-corrected chi connectivity index (χ3v) is 8.73. The lowest BCUT2D eigenvalue weighted by Gasteiger charge is -2.31. The van der Waals surface area contributed by atoms with Gasteiger partial charge in [0, 0.05) is 31.2 Å². The molecule has 1 amide bonds. The van der Waals surface area contributed by atoms with Crippen molar-refractivity contribution in [3.05, 3.63) is 58.8 Å². The maximum absolute atomic E-state index is 12.6. The Labute approximate surface area is 218 Å². The molecule has 3 aromatic rings. The van der Waals surface area contributed by atoms with Crippen molar-refractivity contribution in [1.82, 2.24) is 14.6 Å². The van der Waals surface area contributed by atoms with Gasteiger partial charge in [-0.25, -0.2) is 12.7 Å². The molecule has 0 bridgehead atoms. The monoisotopic (exact) mass is 547 g/mol. The first-order valence-corrected chi connectivity index (χ1v) is 13.8. The predicted molar refractivity (Wildman–Crippen MR) is 138 cm³/mol. The van der Waals surface area contributed by atoms with Gasteiger partial charge in [-0.3, -0.25) is 4.79 Å². The molecule has 1 fully saturated rings. The molecule has 8 nitrogen and oxygen atoms in total. The molecule has 2 heterocycles. The smallest absolute Gasteiger partial charge is 0.366 e. The molecule has 1 aromatic heterocycles. The van der Waals surface area contributed by atoms with E-state index in [-0.39, 0.29) is 29.3 Å². The molecule has 38 heavy (non-hydrogen) atoms. The number of nitrogens with zero attached hydrogens (tertiary/aromatic N) is 2. The van der Waals surface area contributed by atoms with Crippen molar-refractivity contribution in [2.75, 3.05) is 25.4 Å². The lowest BCUT2D eigenvalue weighted by molar-refractivity contribution is -0.125. The minimum absolute atomic E-state index is 0.0472. The normalized spacial score (nSPS) is 15.6. The molecule has 202 valence electrons. The SMILES string of the molecule is CCS(=O)(=O)N1CCC(c2c[nH]c3c(C(N)=O)cc(-c4cc(C#N)cc(CNCC(F)(F)F)c4)cc23)CC1. The number of halogens is 3. The summed E-state index contributed by atoms with van der Waals surface area (Å²) in [5.74, 6) is -0.556. The van der Waals surface area contributed by atoms with Crippen molar-refractivity contribution in [2.24, 2.45) is 5.73 Å². The van der Waals surface area contributed by atoms with Crippen LogP contribution in [0.25, 0.3) is 22.0 Å². The molecule has 1 saturated heterocycles. The standard InChI is InChI=1S/C26H28F3N5O3S/c1-2-38(36,37)34-5-3-18(4-6-34)23-14-33-24-21(23)10-20(11-22(24)25(31)35)19-8-16(12-30)7-17(9-19)13-32-15-26(27,28)29/h7-11,14,18,32-33H,2-6,13,15H2,1H3,(H2,31,35). The molecule has 2 aromatic carbocycles. The van der Waals surface area contributed by atoms with Gasteiger partial charge in [-0.05, 0) is 78.3 Å². The van der Waals surface area contributed by atoms with E-state index in [4.69, 9.17) is 5.73 Å². The van der Waals surface area contributed by atoms with E-state index in [1.807, 2.05) is 18.3 Å². The Morgan fingerprint density at radius 1 is 1.18 bits per heavy atom. The number of aromatic amines is 1. The molecule has 0 unspecified atom stereocenters. The Morgan fingerprint density at radius 2 is 1.87 bits per heavy atom. The zero-order valence-corrected chi connectivity index (χ0v) is 21.5. The van der Waals surface area contributed by atoms with E-state index in [1.165, 1.54) is 10.4 Å². The molecule has 4 rings (SSSR count). The van der Waals surface area contributed by atoms with Gasteiger partial charge in [-0.1, -0.05) is 0 Å². The number of H-pyrrole nitrogens is 1. The van der Waals surface area contributed by atoms with E-state index >= 15 is 0 Å². The number of rotatable bonds is 8. The summed E-state index contributed by atoms with van der Waals surface area (Å²) >= 11 is 0. The minimum atomic E-state index is -4.36. The minimum Gasteiger partial charge on any atom is -0.366 e. The fourth-order valence-electron chi connectivity index (χ4n) is 4.95. The van der Waals surface area contributed by atoms with Crippen molar-refractivity contribution >= 4 is 26.8 Å². The van der Waals surface area contributed by atoms with Gasteiger partial charge >= 0.3 is 6.18 Å². The Hall–Kier alpha value is -3.40. The molecule has 0 aliphatic carbocycles. The number of alkyl halides is 3. The highest BCUT2D eigenvalue weighted by atomic mass is 32.2. The van der Waals surface area contributed by atoms with Crippen LogP contribution in [-0.2, 0) is 16.6 Å². The van der Waals surface area contributed by atoms with Gasteiger partial charge in [-0.15, -0.1) is 0 Å². The van der Waals surface area contributed by atoms with Crippen LogP contribution in [0.1, 0.15) is 52.7 Å². The number of primary amides is 1. The second-order valence-corrected chi connectivity index (χ2v) is 11.6. The van der Waals surface area contributed by atoms with E-state index in [2.05, 4.69) is 10.3 Å². The molecule has 0 saturated carbocycles. The first-order valence-electron chi connectivity index (χ1n) is 12.2. The highest BCUT2D eigenvalue weighted by Gasteiger charge is 2.29.